The van der Waals surface area contributed by atoms with Crippen LogP contribution >= 0.6 is 11.6 Å². The Morgan fingerprint density at radius 1 is 0.894 bits per heavy atom. The van der Waals surface area contributed by atoms with Gasteiger partial charge in [0.1, 0.15) is 24.2 Å². The van der Waals surface area contributed by atoms with Gasteiger partial charge in [0.2, 0.25) is 11.8 Å². The summed E-state index contributed by atoms with van der Waals surface area (Å²) in [6.45, 7) is -0.662. The van der Waals surface area contributed by atoms with Gasteiger partial charge in [-0.15, -0.1) is 0 Å². The lowest BCUT2D eigenvalue weighted by Crippen LogP contribution is -2.54. The number of amides is 2. The Bertz CT molecular complexity index is 1750. The fraction of sp³-hybridized carbons (Fsp3) is 0.278. The van der Waals surface area contributed by atoms with E-state index in [1.54, 1.807) is 24.3 Å². The van der Waals surface area contributed by atoms with Crippen molar-refractivity contribution in [3.8, 4) is 5.75 Å². The zero-order valence-corrected chi connectivity index (χ0v) is 27.6. The number of hydrogen-bond acceptors (Lipinski definition) is 5. The number of halogens is 2. The van der Waals surface area contributed by atoms with Crippen LogP contribution in [0.1, 0.15) is 36.8 Å². The highest BCUT2D eigenvalue weighted by molar-refractivity contribution is 7.92. The van der Waals surface area contributed by atoms with Crippen LogP contribution in [0.3, 0.4) is 0 Å². The zero-order valence-electron chi connectivity index (χ0n) is 26.0. The molecule has 0 bridgehead atoms. The lowest BCUT2D eigenvalue weighted by molar-refractivity contribution is -0.140. The normalized spacial score (nSPS) is 13.9. The molecule has 0 radical (unpaired) electrons. The highest BCUT2D eigenvalue weighted by Crippen LogP contribution is 2.28. The summed E-state index contributed by atoms with van der Waals surface area (Å²) in [4.78, 5) is 29.9. The lowest BCUT2D eigenvalue weighted by atomic mass is 10.0. The molecule has 1 N–H and O–H groups in total. The fourth-order valence-electron chi connectivity index (χ4n) is 5.72. The highest BCUT2D eigenvalue weighted by atomic mass is 35.5. The molecule has 1 atom stereocenters. The SMILES string of the molecule is COc1ccc(S(=O)(=O)N(CC(=O)N(Cc2ccc(F)cc2)[C@H](Cc2ccccc2)C(=O)NC2CCCC2)c2ccc(Cl)cc2)cc1. The number of sulfonamides is 1. The molecule has 0 heterocycles. The maximum Gasteiger partial charge on any atom is 0.264 e. The van der Waals surface area contributed by atoms with Gasteiger partial charge >= 0.3 is 0 Å². The average Bonchev–Trinajstić information content (AvgIpc) is 3.60. The van der Waals surface area contributed by atoms with Crippen LogP contribution in [-0.4, -0.2) is 50.9 Å². The van der Waals surface area contributed by atoms with Gasteiger partial charge in [-0.3, -0.25) is 13.9 Å². The summed E-state index contributed by atoms with van der Waals surface area (Å²) in [7, 11) is -2.81. The molecular formula is C36H37ClFN3O5S. The van der Waals surface area contributed by atoms with Crippen LogP contribution in [0.25, 0.3) is 0 Å². The molecule has 0 spiro atoms. The Balaban J connectivity index is 1.55. The van der Waals surface area contributed by atoms with Gasteiger partial charge in [0.15, 0.2) is 0 Å². The van der Waals surface area contributed by atoms with E-state index in [9.17, 15) is 22.4 Å². The van der Waals surface area contributed by atoms with Crippen LogP contribution in [0.5, 0.6) is 5.75 Å². The van der Waals surface area contributed by atoms with Gasteiger partial charge in [-0.2, -0.15) is 0 Å². The van der Waals surface area contributed by atoms with Gasteiger partial charge < -0.3 is 15.0 Å². The van der Waals surface area contributed by atoms with E-state index in [0.717, 1.165) is 35.6 Å². The number of ether oxygens (including phenoxy) is 1. The van der Waals surface area contributed by atoms with Crippen molar-refractivity contribution in [2.45, 2.75) is 55.6 Å². The molecule has 1 aliphatic carbocycles. The molecule has 0 unspecified atom stereocenters. The topological polar surface area (TPSA) is 96.0 Å². The second-order valence-corrected chi connectivity index (χ2v) is 13.8. The van der Waals surface area contributed by atoms with Gasteiger partial charge in [0.05, 0.1) is 17.7 Å². The Morgan fingerprint density at radius 3 is 2.15 bits per heavy atom. The summed E-state index contributed by atoms with van der Waals surface area (Å²) in [5.41, 5.74) is 1.63. The molecule has 5 rings (SSSR count). The number of nitrogens with one attached hydrogen (secondary N) is 1. The first-order valence-electron chi connectivity index (χ1n) is 15.4. The van der Waals surface area contributed by atoms with Crippen LogP contribution in [-0.2, 0) is 32.6 Å². The predicted molar refractivity (Wildman–Crippen MR) is 180 cm³/mol. The van der Waals surface area contributed by atoms with Crippen molar-refractivity contribution in [3.05, 3.63) is 125 Å². The van der Waals surface area contributed by atoms with E-state index in [0.29, 0.717) is 16.3 Å². The summed E-state index contributed by atoms with van der Waals surface area (Å²) in [6, 6.07) is 26.0. The van der Waals surface area contributed by atoms with Gasteiger partial charge in [-0.1, -0.05) is 66.9 Å². The van der Waals surface area contributed by atoms with Crippen molar-refractivity contribution in [3.63, 3.8) is 0 Å². The number of methoxy groups -OCH3 is 1. The van der Waals surface area contributed by atoms with Crippen LogP contribution in [0, 0.1) is 5.82 Å². The molecule has 0 aliphatic heterocycles. The molecule has 11 heteroatoms. The smallest absolute Gasteiger partial charge is 0.264 e. The first-order chi connectivity index (χ1) is 22.6. The summed E-state index contributed by atoms with van der Waals surface area (Å²) >= 11 is 6.13. The second-order valence-electron chi connectivity index (χ2n) is 11.5. The third-order valence-corrected chi connectivity index (χ3v) is 10.3. The Kier molecular flexibility index (Phi) is 11.2. The molecule has 1 fully saturated rings. The number of hydrogen-bond donors (Lipinski definition) is 1. The first-order valence-corrected chi connectivity index (χ1v) is 17.3. The number of carbonyl (C=O) groups is 2. The summed E-state index contributed by atoms with van der Waals surface area (Å²) in [6.07, 6.45) is 3.90. The van der Waals surface area contributed by atoms with Gasteiger partial charge in [-0.25, -0.2) is 12.8 Å². The van der Waals surface area contributed by atoms with Crippen molar-refractivity contribution >= 4 is 39.1 Å². The molecule has 4 aromatic rings. The van der Waals surface area contributed by atoms with Gasteiger partial charge in [-0.05, 0) is 84.6 Å². The standard InChI is InChI=1S/C36H37ClFN3O5S/c1-46-32-19-21-33(22-20-32)47(44,45)41(31-17-13-28(37)14-18-31)25-35(42)40(24-27-11-15-29(38)16-12-27)34(23-26-7-3-2-4-8-26)36(43)39-30-9-5-6-10-30/h2-4,7-8,11-22,30,34H,5-6,9-10,23-25H2,1H3,(H,39,43)/t34-/m1/s1. The van der Waals surface area contributed by atoms with Gasteiger partial charge in [0, 0.05) is 24.0 Å². The van der Waals surface area contributed by atoms with E-state index in [1.165, 1.54) is 60.5 Å². The number of anilines is 1. The maximum absolute atomic E-state index is 14.5. The number of nitrogens with zero attached hydrogens (tertiary/aromatic N) is 2. The Labute approximate surface area is 280 Å². The average molecular weight is 678 g/mol. The minimum absolute atomic E-state index is 0.00966. The van der Waals surface area contributed by atoms with Crippen LogP contribution in [0.4, 0.5) is 10.1 Å². The van der Waals surface area contributed by atoms with E-state index >= 15 is 0 Å². The molecule has 2 amide bonds. The molecule has 8 nitrogen and oxygen atoms in total. The van der Waals surface area contributed by atoms with E-state index in [2.05, 4.69) is 5.32 Å². The molecule has 4 aromatic carbocycles. The van der Waals surface area contributed by atoms with Crippen LogP contribution in [0.15, 0.2) is 108 Å². The van der Waals surface area contributed by atoms with E-state index in [1.807, 2.05) is 30.3 Å². The highest BCUT2D eigenvalue weighted by Gasteiger charge is 2.35. The molecule has 1 saturated carbocycles. The van der Waals surface area contributed by atoms with Crippen molar-refractivity contribution in [1.82, 2.24) is 10.2 Å². The van der Waals surface area contributed by atoms with E-state index < -0.39 is 34.3 Å². The molecule has 0 aromatic heterocycles. The fourth-order valence-corrected chi connectivity index (χ4v) is 7.26. The quantitative estimate of drug-likeness (QED) is 0.177. The third kappa shape index (κ3) is 8.69. The number of rotatable bonds is 13. The molecule has 47 heavy (non-hydrogen) atoms. The number of benzene rings is 4. The Hall–Kier alpha value is -4.41. The molecule has 1 aliphatic rings. The third-order valence-electron chi connectivity index (χ3n) is 8.28. The maximum atomic E-state index is 14.5. The van der Waals surface area contributed by atoms with Crippen LogP contribution < -0.4 is 14.4 Å². The van der Waals surface area contributed by atoms with Gasteiger partial charge in [0.25, 0.3) is 10.0 Å². The largest absolute Gasteiger partial charge is 0.497 e. The first kappa shape index (κ1) is 33.9. The summed E-state index contributed by atoms with van der Waals surface area (Å²) in [5, 5.41) is 3.53. The molecule has 246 valence electrons. The summed E-state index contributed by atoms with van der Waals surface area (Å²) < 4.78 is 48.4. The molecular weight excluding hydrogens is 641 g/mol. The van der Waals surface area contributed by atoms with Crippen LogP contribution in [0.2, 0.25) is 5.02 Å². The zero-order chi connectivity index (χ0) is 33.4. The number of carbonyl (C=O) groups excluding carboxylic acids is 2. The van der Waals surface area contributed by atoms with E-state index in [-0.39, 0.29) is 35.5 Å². The van der Waals surface area contributed by atoms with Crippen molar-refractivity contribution in [2.75, 3.05) is 18.0 Å². The van der Waals surface area contributed by atoms with E-state index in [4.69, 9.17) is 16.3 Å². The molecule has 0 saturated heterocycles. The summed E-state index contributed by atoms with van der Waals surface area (Å²) in [5.74, 6) is -0.900. The van der Waals surface area contributed by atoms with Crippen molar-refractivity contribution < 1.29 is 27.1 Å². The Morgan fingerprint density at radius 2 is 1.53 bits per heavy atom. The van der Waals surface area contributed by atoms with Crippen molar-refractivity contribution in [2.24, 2.45) is 0 Å². The predicted octanol–water partition coefficient (Wildman–Crippen LogP) is 6.38. The minimum Gasteiger partial charge on any atom is -0.497 e. The second kappa shape index (κ2) is 15.5. The minimum atomic E-state index is -4.29. The monoisotopic (exact) mass is 677 g/mol. The lowest BCUT2D eigenvalue weighted by Gasteiger charge is -2.34. The van der Waals surface area contributed by atoms with Crippen molar-refractivity contribution in [1.29, 1.82) is 0 Å².